The van der Waals surface area contributed by atoms with Gasteiger partial charge in [0.25, 0.3) is 0 Å². The SMILES string of the molecule is O=C(CCCn1cncn1)N1C[C@@H](Cc2ccnc3ccccc23)[C@H](O)C1. The molecule has 3 heterocycles. The second kappa shape index (κ2) is 7.84. The summed E-state index contributed by atoms with van der Waals surface area (Å²) in [5, 5.41) is 15.6. The summed E-state index contributed by atoms with van der Waals surface area (Å²) in [7, 11) is 0. The summed E-state index contributed by atoms with van der Waals surface area (Å²) in [6.07, 6.45) is 6.38. The van der Waals surface area contributed by atoms with Crippen LogP contribution in [0.5, 0.6) is 0 Å². The van der Waals surface area contributed by atoms with E-state index >= 15 is 0 Å². The zero-order chi connectivity index (χ0) is 18.6. The standard InChI is InChI=1S/C20H23N5O2/c26-19-12-24(20(27)6-3-9-25-14-21-13-23-25)11-16(19)10-15-7-8-22-18-5-2-1-4-17(15)18/h1-2,4-5,7-8,13-14,16,19,26H,3,6,9-12H2/t16-,19-/m1/s1. The highest BCUT2D eigenvalue weighted by atomic mass is 16.3. The summed E-state index contributed by atoms with van der Waals surface area (Å²) in [6.45, 7) is 1.68. The van der Waals surface area contributed by atoms with Crippen LogP contribution in [0.2, 0.25) is 0 Å². The van der Waals surface area contributed by atoms with Crippen LogP contribution in [0.25, 0.3) is 10.9 Å². The lowest BCUT2D eigenvalue weighted by Crippen LogP contribution is -2.29. The van der Waals surface area contributed by atoms with E-state index in [9.17, 15) is 9.90 Å². The molecule has 1 aliphatic heterocycles. The van der Waals surface area contributed by atoms with E-state index in [4.69, 9.17) is 0 Å². The monoisotopic (exact) mass is 365 g/mol. The third kappa shape index (κ3) is 3.98. The zero-order valence-corrected chi connectivity index (χ0v) is 15.1. The van der Waals surface area contributed by atoms with E-state index in [0.717, 1.165) is 17.3 Å². The molecule has 27 heavy (non-hydrogen) atoms. The molecular formula is C20H23N5O2. The molecule has 3 aromatic rings. The molecule has 1 N–H and O–H groups in total. The van der Waals surface area contributed by atoms with Gasteiger partial charge in [0.2, 0.25) is 5.91 Å². The summed E-state index contributed by atoms with van der Waals surface area (Å²) in [4.78, 5) is 22.6. The number of β-amino-alcohol motifs (C(OH)–C–C–N with tert-alkyl or cyclic N) is 1. The van der Waals surface area contributed by atoms with Crippen LogP contribution in [0.1, 0.15) is 18.4 Å². The van der Waals surface area contributed by atoms with Crippen LogP contribution in [0.15, 0.2) is 49.2 Å². The maximum Gasteiger partial charge on any atom is 0.222 e. The minimum absolute atomic E-state index is 0.0510. The van der Waals surface area contributed by atoms with Gasteiger partial charge in [-0.05, 0) is 30.5 Å². The number of hydrogen-bond acceptors (Lipinski definition) is 5. The average molecular weight is 365 g/mol. The number of carbonyl (C=O) groups is 1. The van der Waals surface area contributed by atoms with Crippen molar-refractivity contribution in [3.63, 3.8) is 0 Å². The molecule has 0 unspecified atom stereocenters. The van der Waals surface area contributed by atoms with Crippen LogP contribution in [-0.4, -0.2) is 54.9 Å². The third-order valence-electron chi connectivity index (χ3n) is 5.23. The predicted octanol–water partition coefficient (Wildman–Crippen LogP) is 1.67. The van der Waals surface area contributed by atoms with Gasteiger partial charge in [-0.25, -0.2) is 4.98 Å². The molecule has 0 spiro atoms. The molecule has 140 valence electrons. The molecule has 1 aliphatic rings. The summed E-state index contributed by atoms with van der Waals surface area (Å²) in [5.41, 5.74) is 2.13. The Morgan fingerprint density at radius 3 is 2.96 bits per heavy atom. The highest BCUT2D eigenvalue weighted by molar-refractivity contribution is 5.82. The third-order valence-corrected chi connectivity index (χ3v) is 5.23. The molecule has 1 amide bonds. The number of aliphatic hydroxyl groups is 1. The number of nitrogens with zero attached hydrogens (tertiary/aromatic N) is 5. The number of carbonyl (C=O) groups excluding carboxylic acids is 1. The zero-order valence-electron chi connectivity index (χ0n) is 15.1. The number of rotatable bonds is 6. The highest BCUT2D eigenvalue weighted by Gasteiger charge is 2.33. The lowest BCUT2D eigenvalue weighted by atomic mass is 9.94. The Bertz CT molecular complexity index is 906. The Morgan fingerprint density at radius 1 is 1.22 bits per heavy atom. The smallest absolute Gasteiger partial charge is 0.222 e. The van der Waals surface area contributed by atoms with Crippen molar-refractivity contribution in [1.29, 1.82) is 0 Å². The number of aryl methyl sites for hydroxylation is 1. The Kier molecular flexibility index (Phi) is 5.11. The first-order valence-electron chi connectivity index (χ1n) is 9.31. The van der Waals surface area contributed by atoms with E-state index < -0.39 is 6.10 Å². The van der Waals surface area contributed by atoms with Crippen LogP contribution in [-0.2, 0) is 17.8 Å². The Morgan fingerprint density at radius 2 is 2.11 bits per heavy atom. The maximum absolute atomic E-state index is 12.5. The second-order valence-corrected chi connectivity index (χ2v) is 7.08. The van der Waals surface area contributed by atoms with Gasteiger partial charge < -0.3 is 10.0 Å². The number of benzene rings is 1. The molecule has 1 fully saturated rings. The molecule has 0 radical (unpaired) electrons. The van der Waals surface area contributed by atoms with Gasteiger partial charge in [0.05, 0.1) is 11.6 Å². The van der Waals surface area contributed by atoms with Crippen molar-refractivity contribution in [3.8, 4) is 0 Å². The van der Waals surface area contributed by atoms with Gasteiger partial charge in [0.1, 0.15) is 12.7 Å². The normalized spacial score (nSPS) is 19.7. The largest absolute Gasteiger partial charge is 0.391 e. The molecule has 0 aliphatic carbocycles. The van der Waals surface area contributed by atoms with E-state index in [0.29, 0.717) is 32.5 Å². The van der Waals surface area contributed by atoms with Gasteiger partial charge in [-0.15, -0.1) is 0 Å². The number of amides is 1. The van der Waals surface area contributed by atoms with Crippen molar-refractivity contribution in [2.75, 3.05) is 13.1 Å². The van der Waals surface area contributed by atoms with Crippen LogP contribution in [0.3, 0.4) is 0 Å². The number of para-hydroxylation sites is 1. The van der Waals surface area contributed by atoms with Crippen molar-refractivity contribution < 1.29 is 9.90 Å². The summed E-state index contributed by atoms with van der Waals surface area (Å²) in [6, 6.07) is 10.0. The Labute approximate surface area is 157 Å². The molecule has 1 saturated heterocycles. The first kappa shape index (κ1) is 17.6. The van der Waals surface area contributed by atoms with Crippen molar-refractivity contribution in [2.45, 2.75) is 31.9 Å². The fourth-order valence-electron chi connectivity index (χ4n) is 3.77. The van der Waals surface area contributed by atoms with Crippen LogP contribution in [0, 0.1) is 5.92 Å². The Balaban J connectivity index is 1.35. The fourth-order valence-corrected chi connectivity index (χ4v) is 3.77. The predicted molar refractivity (Wildman–Crippen MR) is 101 cm³/mol. The molecular weight excluding hydrogens is 342 g/mol. The van der Waals surface area contributed by atoms with Gasteiger partial charge >= 0.3 is 0 Å². The van der Waals surface area contributed by atoms with Crippen molar-refractivity contribution in [2.24, 2.45) is 5.92 Å². The number of fused-ring (bicyclic) bond motifs is 1. The van der Waals surface area contributed by atoms with E-state index in [1.807, 2.05) is 30.5 Å². The van der Waals surface area contributed by atoms with Crippen molar-refractivity contribution >= 4 is 16.8 Å². The number of aliphatic hydroxyl groups excluding tert-OH is 1. The molecule has 7 heteroatoms. The fraction of sp³-hybridized carbons (Fsp3) is 0.400. The van der Waals surface area contributed by atoms with E-state index in [1.165, 1.54) is 11.9 Å². The van der Waals surface area contributed by atoms with E-state index in [2.05, 4.69) is 21.1 Å². The molecule has 0 bridgehead atoms. The number of hydrogen-bond donors (Lipinski definition) is 1. The highest BCUT2D eigenvalue weighted by Crippen LogP contribution is 2.25. The summed E-state index contributed by atoms with van der Waals surface area (Å²) >= 11 is 0. The van der Waals surface area contributed by atoms with Gasteiger partial charge in [-0.2, -0.15) is 5.10 Å². The first-order valence-corrected chi connectivity index (χ1v) is 9.31. The molecule has 2 atom stereocenters. The van der Waals surface area contributed by atoms with Gasteiger partial charge in [-0.1, -0.05) is 18.2 Å². The second-order valence-electron chi connectivity index (χ2n) is 7.08. The summed E-state index contributed by atoms with van der Waals surface area (Å²) < 4.78 is 1.73. The van der Waals surface area contributed by atoms with Crippen molar-refractivity contribution in [3.05, 3.63) is 54.7 Å². The molecule has 0 saturated carbocycles. The average Bonchev–Trinajstić information content (AvgIpc) is 3.32. The van der Waals surface area contributed by atoms with Gasteiger partial charge in [0, 0.05) is 43.6 Å². The topological polar surface area (TPSA) is 84.1 Å². The maximum atomic E-state index is 12.5. The molecule has 2 aromatic heterocycles. The minimum Gasteiger partial charge on any atom is -0.391 e. The van der Waals surface area contributed by atoms with Crippen LogP contribution < -0.4 is 0 Å². The summed E-state index contributed by atoms with van der Waals surface area (Å²) in [5.74, 6) is 0.145. The van der Waals surface area contributed by atoms with E-state index in [1.54, 1.807) is 15.9 Å². The quantitative estimate of drug-likeness (QED) is 0.718. The lowest BCUT2D eigenvalue weighted by molar-refractivity contribution is -0.130. The molecule has 4 rings (SSSR count). The number of likely N-dealkylation sites (tertiary alicyclic amines) is 1. The van der Waals surface area contributed by atoms with Gasteiger partial charge in [-0.3, -0.25) is 14.5 Å². The van der Waals surface area contributed by atoms with Crippen LogP contribution >= 0.6 is 0 Å². The minimum atomic E-state index is -0.490. The van der Waals surface area contributed by atoms with E-state index in [-0.39, 0.29) is 11.8 Å². The lowest BCUT2D eigenvalue weighted by Gasteiger charge is -2.16. The first-order chi connectivity index (χ1) is 13.2. The van der Waals surface area contributed by atoms with Crippen LogP contribution in [0.4, 0.5) is 0 Å². The number of aromatic nitrogens is 4. The molecule has 7 nitrogen and oxygen atoms in total. The number of pyridine rings is 1. The molecule has 1 aromatic carbocycles. The van der Waals surface area contributed by atoms with Gasteiger partial charge in [0.15, 0.2) is 0 Å². The Hall–Kier alpha value is -2.80. The van der Waals surface area contributed by atoms with Crippen molar-refractivity contribution in [1.82, 2.24) is 24.6 Å².